The van der Waals surface area contributed by atoms with E-state index in [0.29, 0.717) is 11.3 Å². The average molecular weight is 272 g/mol. The van der Waals surface area contributed by atoms with E-state index in [1.165, 1.54) is 19.2 Å². The molecule has 7 heteroatoms. The number of carbonyl (C=O) groups is 1. The van der Waals surface area contributed by atoms with Crippen molar-refractivity contribution in [3.8, 4) is 0 Å². The topological polar surface area (TPSA) is 116 Å². The van der Waals surface area contributed by atoms with Crippen LogP contribution in [0.25, 0.3) is 0 Å². The summed E-state index contributed by atoms with van der Waals surface area (Å²) < 4.78 is 0. The number of carbonyl (C=O) groups excluding carboxylic acids is 1. The van der Waals surface area contributed by atoms with E-state index in [0.717, 1.165) is 11.8 Å². The molecule has 0 saturated heterocycles. The number of hydrogen-bond acceptors (Lipinski definition) is 6. The minimum atomic E-state index is -1.14. The molecule has 0 amide bonds. The smallest absolute Gasteiger partial charge is 0.271 e. The van der Waals surface area contributed by atoms with Gasteiger partial charge in [-0.1, -0.05) is 11.8 Å². The van der Waals surface area contributed by atoms with Crippen LogP contribution < -0.4 is 11.3 Å². The Morgan fingerprint density at radius 1 is 1.56 bits per heavy atom. The number of nitrogens with one attached hydrogen (secondary N) is 1. The van der Waals surface area contributed by atoms with Gasteiger partial charge in [-0.05, 0) is 12.5 Å². The summed E-state index contributed by atoms with van der Waals surface area (Å²) in [4.78, 5) is 24.1. The standard InChI is InChI=1S/C11H16N2O4S/c1-6(14)18-3-2-9(15)10(16)7-4-8(12)11(17)13-5-7/h4-5,9-10,15-16H,2-3,12H2,1H3,(H,13,17). The minimum absolute atomic E-state index is 0.0168. The van der Waals surface area contributed by atoms with Crippen LogP contribution in [0, 0.1) is 0 Å². The van der Waals surface area contributed by atoms with Gasteiger partial charge >= 0.3 is 0 Å². The van der Waals surface area contributed by atoms with Gasteiger partial charge in [0.25, 0.3) is 5.56 Å². The summed E-state index contributed by atoms with van der Waals surface area (Å²) in [5, 5.41) is 19.5. The molecular formula is C11H16N2O4S. The first-order chi connectivity index (χ1) is 8.41. The van der Waals surface area contributed by atoms with E-state index in [1.807, 2.05) is 0 Å². The number of rotatable bonds is 5. The van der Waals surface area contributed by atoms with Crippen LogP contribution in [0.15, 0.2) is 17.1 Å². The van der Waals surface area contributed by atoms with Gasteiger partial charge in [0.1, 0.15) is 6.10 Å². The number of aliphatic hydroxyl groups is 2. The SMILES string of the molecule is CC(=O)SCCC(O)C(O)c1c[nH]c(=O)c(N)c1. The first-order valence-electron chi connectivity index (χ1n) is 5.39. The second-order valence-electron chi connectivity index (χ2n) is 3.86. The quantitative estimate of drug-likeness (QED) is 0.600. The molecular weight excluding hydrogens is 256 g/mol. The molecule has 5 N–H and O–H groups in total. The van der Waals surface area contributed by atoms with Crippen molar-refractivity contribution in [1.82, 2.24) is 4.98 Å². The molecule has 0 bridgehead atoms. The number of pyridine rings is 1. The van der Waals surface area contributed by atoms with Gasteiger partial charge in [-0.2, -0.15) is 0 Å². The predicted molar refractivity (Wildman–Crippen MR) is 70.2 cm³/mol. The maximum absolute atomic E-state index is 11.0. The molecule has 0 aliphatic rings. The Labute approximate surface area is 108 Å². The van der Waals surface area contributed by atoms with Crippen molar-refractivity contribution in [2.75, 3.05) is 11.5 Å². The molecule has 1 heterocycles. The fraction of sp³-hybridized carbons (Fsp3) is 0.455. The Hall–Kier alpha value is -1.31. The van der Waals surface area contributed by atoms with Crippen LogP contribution in [0.1, 0.15) is 25.0 Å². The van der Waals surface area contributed by atoms with Gasteiger partial charge < -0.3 is 20.9 Å². The number of nitrogens with two attached hydrogens (primary N) is 1. The number of aromatic nitrogens is 1. The molecule has 0 aliphatic heterocycles. The van der Waals surface area contributed by atoms with E-state index in [-0.39, 0.29) is 17.2 Å². The summed E-state index contributed by atoms with van der Waals surface area (Å²) in [7, 11) is 0. The van der Waals surface area contributed by atoms with E-state index in [2.05, 4.69) is 4.98 Å². The lowest BCUT2D eigenvalue weighted by molar-refractivity contribution is -0.109. The number of aliphatic hydroxyl groups excluding tert-OH is 2. The summed E-state index contributed by atoms with van der Waals surface area (Å²) >= 11 is 1.09. The number of H-pyrrole nitrogens is 1. The number of nitrogen functional groups attached to an aromatic ring is 1. The zero-order valence-electron chi connectivity index (χ0n) is 9.92. The first-order valence-corrected chi connectivity index (χ1v) is 6.38. The van der Waals surface area contributed by atoms with Gasteiger partial charge in [-0.3, -0.25) is 9.59 Å². The van der Waals surface area contributed by atoms with Crippen LogP contribution >= 0.6 is 11.8 Å². The van der Waals surface area contributed by atoms with Crippen molar-refractivity contribution in [2.24, 2.45) is 0 Å². The van der Waals surface area contributed by atoms with E-state index < -0.39 is 17.8 Å². The monoisotopic (exact) mass is 272 g/mol. The van der Waals surface area contributed by atoms with Gasteiger partial charge in [0.2, 0.25) is 0 Å². The maximum Gasteiger partial charge on any atom is 0.271 e. The fourth-order valence-corrected chi connectivity index (χ4v) is 2.04. The van der Waals surface area contributed by atoms with E-state index in [4.69, 9.17) is 5.73 Å². The Morgan fingerprint density at radius 3 is 2.78 bits per heavy atom. The Morgan fingerprint density at radius 2 is 2.22 bits per heavy atom. The number of anilines is 1. The lowest BCUT2D eigenvalue weighted by atomic mass is 10.0. The molecule has 0 saturated carbocycles. The van der Waals surface area contributed by atoms with Gasteiger partial charge in [0.05, 0.1) is 11.8 Å². The highest BCUT2D eigenvalue weighted by Crippen LogP contribution is 2.20. The molecule has 1 aromatic heterocycles. The third-order valence-corrected chi connectivity index (χ3v) is 3.23. The molecule has 18 heavy (non-hydrogen) atoms. The van der Waals surface area contributed by atoms with Crippen molar-refractivity contribution in [3.05, 3.63) is 28.2 Å². The largest absolute Gasteiger partial charge is 0.394 e. The summed E-state index contributed by atoms with van der Waals surface area (Å²) in [6.45, 7) is 1.44. The summed E-state index contributed by atoms with van der Waals surface area (Å²) in [6, 6.07) is 1.32. The molecule has 0 aromatic carbocycles. The average Bonchev–Trinajstić information content (AvgIpc) is 2.31. The molecule has 1 aromatic rings. The van der Waals surface area contributed by atoms with E-state index >= 15 is 0 Å². The highest BCUT2D eigenvalue weighted by molar-refractivity contribution is 8.13. The molecule has 0 spiro atoms. The lowest BCUT2D eigenvalue weighted by Gasteiger charge is -2.17. The zero-order chi connectivity index (χ0) is 13.7. The maximum atomic E-state index is 11.0. The van der Waals surface area contributed by atoms with Crippen molar-refractivity contribution < 1.29 is 15.0 Å². The number of hydrogen-bond donors (Lipinski definition) is 4. The lowest BCUT2D eigenvalue weighted by Crippen LogP contribution is -2.21. The Bertz CT molecular complexity index is 474. The van der Waals surface area contributed by atoms with Crippen LogP contribution in [0.3, 0.4) is 0 Å². The van der Waals surface area contributed by atoms with Crippen molar-refractivity contribution in [1.29, 1.82) is 0 Å². The van der Waals surface area contributed by atoms with E-state index in [9.17, 15) is 19.8 Å². The Kier molecular flexibility index (Phi) is 5.39. The molecule has 6 nitrogen and oxygen atoms in total. The molecule has 0 fully saturated rings. The van der Waals surface area contributed by atoms with Crippen LogP contribution in [0.2, 0.25) is 0 Å². The van der Waals surface area contributed by atoms with Crippen molar-refractivity contribution >= 4 is 22.6 Å². The number of thioether (sulfide) groups is 1. The normalized spacial score (nSPS) is 14.2. The molecule has 0 aliphatic carbocycles. The van der Waals surface area contributed by atoms with E-state index in [1.54, 1.807) is 0 Å². The molecule has 1 rings (SSSR count). The predicted octanol–water partition coefficient (Wildman–Crippen LogP) is 0.0212. The van der Waals surface area contributed by atoms with Crippen molar-refractivity contribution in [3.63, 3.8) is 0 Å². The highest BCUT2D eigenvalue weighted by Gasteiger charge is 2.19. The molecule has 0 radical (unpaired) electrons. The third kappa shape index (κ3) is 4.17. The van der Waals surface area contributed by atoms with Crippen LogP contribution in [0.5, 0.6) is 0 Å². The van der Waals surface area contributed by atoms with Gasteiger partial charge in [0, 0.05) is 24.4 Å². The zero-order valence-corrected chi connectivity index (χ0v) is 10.7. The second-order valence-corrected chi connectivity index (χ2v) is 5.13. The van der Waals surface area contributed by atoms with Gasteiger partial charge in [-0.25, -0.2) is 0 Å². The molecule has 2 unspecified atom stereocenters. The van der Waals surface area contributed by atoms with Crippen LogP contribution in [-0.2, 0) is 4.79 Å². The van der Waals surface area contributed by atoms with Gasteiger partial charge in [0.15, 0.2) is 5.12 Å². The fourth-order valence-electron chi connectivity index (χ4n) is 1.39. The molecule has 2 atom stereocenters. The summed E-state index contributed by atoms with van der Waals surface area (Å²) in [5.74, 6) is 0.423. The van der Waals surface area contributed by atoms with Crippen LogP contribution in [-0.4, -0.2) is 32.2 Å². The van der Waals surface area contributed by atoms with Crippen molar-refractivity contribution in [2.45, 2.75) is 25.6 Å². The minimum Gasteiger partial charge on any atom is -0.394 e. The Balaban J connectivity index is 2.62. The first kappa shape index (κ1) is 14.7. The highest BCUT2D eigenvalue weighted by atomic mass is 32.2. The second kappa shape index (κ2) is 6.58. The third-order valence-electron chi connectivity index (χ3n) is 2.38. The molecule has 100 valence electrons. The summed E-state index contributed by atoms with van der Waals surface area (Å²) in [6.07, 6.45) is -0.575. The number of aromatic amines is 1. The summed E-state index contributed by atoms with van der Waals surface area (Å²) in [5.41, 5.74) is 5.30. The van der Waals surface area contributed by atoms with Crippen LogP contribution in [0.4, 0.5) is 5.69 Å². The van der Waals surface area contributed by atoms with Gasteiger partial charge in [-0.15, -0.1) is 0 Å².